The summed E-state index contributed by atoms with van der Waals surface area (Å²) < 4.78 is 12.4. The molecular formula is C23H28N4O4S2. The van der Waals surface area contributed by atoms with Crippen LogP contribution in [0.1, 0.15) is 41.6 Å². The van der Waals surface area contributed by atoms with E-state index in [0.717, 1.165) is 34.0 Å². The SMILES string of the molecule is CCOC(=O)c1c(NC(=O)CSc2nnc(-c3ccc(OC)cc3)n2CC)sc(CC)c1C. The van der Waals surface area contributed by atoms with Crippen LogP contribution in [0.25, 0.3) is 11.4 Å². The van der Waals surface area contributed by atoms with Gasteiger partial charge in [-0.05, 0) is 57.0 Å². The van der Waals surface area contributed by atoms with Gasteiger partial charge in [-0.25, -0.2) is 4.79 Å². The van der Waals surface area contributed by atoms with Gasteiger partial charge in [0.1, 0.15) is 10.8 Å². The Hall–Kier alpha value is -2.85. The van der Waals surface area contributed by atoms with Crippen LogP contribution < -0.4 is 10.1 Å². The summed E-state index contributed by atoms with van der Waals surface area (Å²) in [5.41, 5.74) is 2.22. The Bertz CT molecular complexity index is 1120. The number of hydrogen-bond donors (Lipinski definition) is 1. The van der Waals surface area contributed by atoms with E-state index in [1.165, 1.54) is 23.1 Å². The van der Waals surface area contributed by atoms with Crippen molar-refractivity contribution in [3.63, 3.8) is 0 Å². The van der Waals surface area contributed by atoms with Gasteiger partial charge in [-0.2, -0.15) is 0 Å². The monoisotopic (exact) mass is 488 g/mol. The molecule has 1 N–H and O–H groups in total. The van der Waals surface area contributed by atoms with Gasteiger partial charge in [0.15, 0.2) is 11.0 Å². The van der Waals surface area contributed by atoms with Crippen molar-refractivity contribution in [1.29, 1.82) is 0 Å². The number of amides is 1. The molecule has 0 aliphatic carbocycles. The molecule has 1 amide bonds. The summed E-state index contributed by atoms with van der Waals surface area (Å²) in [6.07, 6.45) is 0.779. The number of nitrogens with one attached hydrogen (secondary N) is 1. The van der Waals surface area contributed by atoms with E-state index in [1.807, 2.05) is 49.6 Å². The normalized spacial score (nSPS) is 10.8. The van der Waals surface area contributed by atoms with Gasteiger partial charge in [-0.1, -0.05) is 18.7 Å². The van der Waals surface area contributed by atoms with Crippen LogP contribution in [-0.4, -0.2) is 46.1 Å². The Kier molecular flexibility index (Phi) is 8.51. The number of esters is 1. The number of nitrogens with zero attached hydrogens (tertiary/aromatic N) is 3. The zero-order chi connectivity index (χ0) is 24.0. The van der Waals surface area contributed by atoms with E-state index >= 15 is 0 Å². The van der Waals surface area contributed by atoms with Gasteiger partial charge in [-0.15, -0.1) is 21.5 Å². The number of rotatable bonds is 10. The molecule has 0 aliphatic rings. The minimum absolute atomic E-state index is 0.140. The number of ether oxygens (including phenoxy) is 2. The molecule has 2 aromatic heterocycles. The lowest BCUT2D eigenvalue weighted by Crippen LogP contribution is -2.17. The number of aryl methyl sites for hydroxylation is 1. The highest BCUT2D eigenvalue weighted by molar-refractivity contribution is 7.99. The summed E-state index contributed by atoms with van der Waals surface area (Å²) in [7, 11) is 1.62. The first-order valence-corrected chi connectivity index (χ1v) is 12.5. The number of thioether (sulfide) groups is 1. The fraction of sp³-hybridized carbons (Fsp3) is 0.391. The summed E-state index contributed by atoms with van der Waals surface area (Å²) >= 11 is 2.72. The zero-order valence-corrected chi connectivity index (χ0v) is 21.1. The van der Waals surface area contributed by atoms with Gasteiger partial charge in [0.05, 0.1) is 25.0 Å². The molecule has 176 valence electrons. The highest BCUT2D eigenvalue weighted by atomic mass is 32.2. The molecule has 0 bridgehead atoms. The molecule has 3 rings (SSSR count). The standard InChI is InChI=1S/C23H28N4O4S2/c1-6-17-14(4)19(22(29)31-8-3)21(33-17)24-18(28)13-32-23-26-25-20(27(23)7-2)15-9-11-16(30-5)12-10-15/h9-12H,6-8,13H2,1-5H3,(H,24,28). The van der Waals surface area contributed by atoms with E-state index < -0.39 is 5.97 Å². The van der Waals surface area contributed by atoms with Crippen LogP contribution in [0.2, 0.25) is 0 Å². The molecule has 0 unspecified atom stereocenters. The zero-order valence-electron chi connectivity index (χ0n) is 19.4. The van der Waals surface area contributed by atoms with E-state index in [9.17, 15) is 9.59 Å². The van der Waals surface area contributed by atoms with Crippen molar-refractivity contribution >= 4 is 40.0 Å². The van der Waals surface area contributed by atoms with Gasteiger partial charge in [0, 0.05) is 17.0 Å². The lowest BCUT2D eigenvalue weighted by molar-refractivity contribution is -0.113. The van der Waals surface area contributed by atoms with Gasteiger partial charge >= 0.3 is 5.97 Å². The third-order valence-electron chi connectivity index (χ3n) is 5.01. The fourth-order valence-corrected chi connectivity index (χ4v) is 5.31. The van der Waals surface area contributed by atoms with Gasteiger partial charge in [0.25, 0.3) is 0 Å². The molecule has 0 spiro atoms. The Balaban J connectivity index is 1.73. The third-order valence-corrected chi connectivity index (χ3v) is 7.33. The molecule has 0 aliphatic heterocycles. The van der Waals surface area contributed by atoms with E-state index in [-0.39, 0.29) is 18.3 Å². The summed E-state index contributed by atoms with van der Waals surface area (Å²) in [5, 5.41) is 12.7. The maximum absolute atomic E-state index is 12.7. The molecular weight excluding hydrogens is 460 g/mol. The third kappa shape index (κ3) is 5.56. The number of hydrogen-bond acceptors (Lipinski definition) is 8. The van der Waals surface area contributed by atoms with Crippen LogP contribution in [0.5, 0.6) is 5.75 Å². The smallest absolute Gasteiger partial charge is 0.341 e. The fourth-order valence-electron chi connectivity index (χ4n) is 3.36. The first-order valence-electron chi connectivity index (χ1n) is 10.7. The van der Waals surface area contributed by atoms with E-state index in [4.69, 9.17) is 9.47 Å². The Morgan fingerprint density at radius 1 is 1.15 bits per heavy atom. The maximum atomic E-state index is 12.7. The molecule has 8 nitrogen and oxygen atoms in total. The lowest BCUT2D eigenvalue weighted by atomic mass is 10.1. The van der Waals surface area contributed by atoms with Crippen molar-refractivity contribution in [2.45, 2.75) is 45.8 Å². The van der Waals surface area contributed by atoms with Crippen molar-refractivity contribution in [3.8, 4) is 17.1 Å². The number of carbonyl (C=O) groups is 2. The van der Waals surface area contributed by atoms with Gasteiger partial charge < -0.3 is 19.4 Å². The van der Waals surface area contributed by atoms with Crippen LogP contribution in [0.3, 0.4) is 0 Å². The van der Waals surface area contributed by atoms with Gasteiger partial charge in [-0.3, -0.25) is 4.79 Å². The first-order chi connectivity index (χ1) is 15.9. The quantitative estimate of drug-likeness (QED) is 0.323. The largest absolute Gasteiger partial charge is 0.497 e. The van der Waals surface area contributed by atoms with Crippen molar-refractivity contribution in [3.05, 3.63) is 40.3 Å². The molecule has 2 heterocycles. The second-order valence-corrected chi connectivity index (χ2v) is 9.09. The second kappa shape index (κ2) is 11.3. The lowest BCUT2D eigenvalue weighted by Gasteiger charge is -2.09. The van der Waals surface area contributed by atoms with Crippen LogP contribution in [0.4, 0.5) is 5.00 Å². The number of anilines is 1. The highest BCUT2D eigenvalue weighted by Gasteiger charge is 2.23. The molecule has 0 saturated heterocycles. The minimum atomic E-state index is -0.413. The maximum Gasteiger partial charge on any atom is 0.341 e. The van der Waals surface area contributed by atoms with Crippen molar-refractivity contribution in [2.75, 3.05) is 24.8 Å². The molecule has 3 aromatic rings. The molecule has 0 radical (unpaired) electrons. The molecule has 0 atom stereocenters. The van der Waals surface area contributed by atoms with Crippen molar-refractivity contribution in [2.24, 2.45) is 0 Å². The van der Waals surface area contributed by atoms with Crippen LogP contribution in [0.15, 0.2) is 29.4 Å². The number of carbonyl (C=O) groups excluding carboxylic acids is 2. The molecule has 1 aromatic carbocycles. The average molecular weight is 489 g/mol. The predicted octanol–water partition coefficient (Wildman–Crippen LogP) is 4.81. The Morgan fingerprint density at radius 3 is 2.48 bits per heavy atom. The number of aromatic nitrogens is 3. The van der Waals surface area contributed by atoms with Crippen molar-refractivity contribution < 1.29 is 19.1 Å². The predicted molar refractivity (Wildman–Crippen MR) is 131 cm³/mol. The van der Waals surface area contributed by atoms with Gasteiger partial charge in [0.2, 0.25) is 5.91 Å². The number of benzene rings is 1. The Morgan fingerprint density at radius 2 is 1.88 bits per heavy atom. The summed E-state index contributed by atoms with van der Waals surface area (Å²) in [4.78, 5) is 26.2. The van der Waals surface area contributed by atoms with Crippen LogP contribution >= 0.6 is 23.1 Å². The van der Waals surface area contributed by atoms with Crippen LogP contribution in [-0.2, 0) is 22.5 Å². The van der Waals surface area contributed by atoms with E-state index in [0.29, 0.717) is 22.3 Å². The highest BCUT2D eigenvalue weighted by Crippen LogP contribution is 2.34. The van der Waals surface area contributed by atoms with E-state index in [2.05, 4.69) is 15.5 Å². The summed E-state index contributed by atoms with van der Waals surface area (Å²) in [5.74, 6) is 1.01. The van der Waals surface area contributed by atoms with E-state index in [1.54, 1.807) is 14.0 Å². The first kappa shape index (κ1) is 24.8. The van der Waals surface area contributed by atoms with Crippen molar-refractivity contribution in [1.82, 2.24) is 14.8 Å². The molecule has 10 heteroatoms. The number of thiophene rings is 1. The topological polar surface area (TPSA) is 95.3 Å². The van der Waals surface area contributed by atoms with Crippen LogP contribution in [0, 0.1) is 6.92 Å². The second-order valence-electron chi connectivity index (χ2n) is 7.04. The molecule has 33 heavy (non-hydrogen) atoms. The summed E-state index contributed by atoms with van der Waals surface area (Å²) in [6, 6.07) is 7.60. The minimum Gasteiger partial charge on any atom is -0.497 e. The summed E-state index contributed by atoms with van der Waals surface area (Å²) in [6.45, 7) is 8.62. The molecule has 0 fully saturated rings. The Labute approximate surface area is 201 Å². The average Bonchev–Trinajstić information content (AvgIpc) is 3.37. The molecule has 0 saturated carbocycles. The number of methoxy groups -OCH3 is 1.